The van der Waals surface area contributed by atoms with Crippen LogP contribution in [0.2, 0.25) is 0 Å². The van der Waals surface area contributed by atoms with E-state index in [1.807, 2.05) is 6.92 Å². The Hall–Kier alpha value is -0.120. The third kappa shape index (κ3) is 4.04. The van der Waals surface area contributed by atoms with Crippen molar-refractivity contribution in [2.75, 3.05) is 19.6 Å². The lowest BCUT2D eigenvalue weighted by molar-refractivity contribution is 0.00810. The van der Waals surface area contributed by atoms with Crippen molar-refractivity contribution in [1.29, 1.82) is 0 Å². The second-order valence-electron chi connectivity index (χ2n) is 8.38. The molecule has 128 valence electrons. The maximum absolute atomic E-state index is 10.1. The summed E-state index contributed by atoms with van der Waals surface area (Å²) in [5.74, 6) is 2.25. The Morgan fingerprint density at radius 2 is 1.73 bits per heavy atom. The topological polar surface area (TPSA) is 35.5 Å². The molecule has 3 nitrogen and oxygen atoms in total. The molecule has 4 unspecified atom stereocenters. The Morgan fingerprint density at radius 3 is 2.32 bits per heavy atom. The maximum atomic E-state index is 10.1. The molecule has 4 atom stereocenters. The number of likely N-dealkylation sites (tertiary alicyclic amines) is 1. The second kappa shape index (κ2) is 7.63. The highest BCUT2D eigenvalue weighted by atomic mass is 16.3. The minimum atomic E-state index is -0.174. The van der Waals surface area contributed by atoms with E-state index in [4.69, 9.17) is 0 Å². The fourth-order valence-corrected chi connectivity index (χ4v) is 4.77. The first-order chi connectivity index (χ1) is 10.6. The first-order valence-electron chi connectivity index (χ1n) is 9.79. The Balaban J connectivity index is 1.54. The Bertz CT molecular complexity index is 336. The molecule has 0 radical (unpaired) electrons. The molecule has 0 spiro atoms. The molecule has 22 heavy (non-hydrogen) atoms. The molecule has 1 saturated heterocycles. The van der Waals surface area contributed by atoms with Gasteiger partial charge in [-0.05, 0) is 70.3 Å². The van der Waals surface area contributed by atoms with Gasteiger partial charge < -0.3 is 10.4 Å². The van der Waals surface area contributed by atoms with Crippen LogP contribution in [0, 0.1) is 17.8 Å². The summed E-state index contributed by atoms with van der Waals surface area (Å²) in [6.45, 7) is 7.88. The van der Waals surface area contributed by atoms with Gasteiger partial charge in [0.25, 0.3) is 0 Å². The number of aliphatic hydroxyl groups excluding tert-OH is 1. The predicted octanol–water partition coefficient (Wildman–Crippen LogP) is 3.03. The van der Waals surface area contributed by atoms with Crippen molar-refractivity contribution in [3.8, 4) is 0 Å². The molecule has 0 aromatic carbocycles. The SMILES string of the molecule is CC(O)C1CC(NCC2CCCC2)CN(C(C)C2CCC2)C1. The van der Waals surface area contributed by atoms with E-state index in [0.29, 0.717) is 18.0 Å². The van der Waals surface area contributed by atoms with Gasteiger partial charge in [0, 0.05) is 25.2 Å². The fourth-order valence-electron chi connectivity index (χ4n) is 4.77. The molecular weight excluding hydrogens is 272 g/mol. The summed E-state index contributed by atoms with van der Waals surface area (Å²) >= 11 is 0. The van der Waals surface area contributed by atoms with Crippen molar-refractivity contribution < 1.29 is 5.11 Å². The minimum Gasteiger partial charge on any atom is -0.393 e. The number of rotatable bonds is 6. The van der Waals surface area contributed by atoms with Gasteiger partial charge in [-0.3, -0.25) is 4.90 Å². The zero-order valence-electron chi connectivity index (χ0n) is 14.6. The van der Waals surface area contributed by atoms with Gasteiger partial charge in [0.05, 0.1) is 6.10 Å². The van der Waals surface area contributed by atoms with E-state index in [0.717, 1.165) is 24.8 Å². The molecule has 0 bridgehead atoms. The van der Waals surface area contributed by atoms with E-state index >= 15 is 0 Å². The van der Waals surface area contributed by atoms with Gasteiger partial charge in [-0.25, -0.2) is 0 Å². The van der Waals surface area contributed by atoms with Crippen LogP contribution < -0.4 is 5.32 Å². The van der Waals surface area contributed by atoms with Gasteiger partial charge in [-0.15, -0.1) is 0 Å². The zero-order valence-corrected chi connectivity index (χ0v) is 14.6. The molecule has 3 heteroatoms. The summed E-state index contributed by atoms with van der Waals surface area (Å²) in [6, 6.07) is 1.28. The first kappa shape index (κ1) is 16.7. The average Bonchev–Trinajstić information content (AvgIpc) is 2.96. The highest BCUT2D eigenvalue weighted by Gasteiger charge is 2.36. The molecule has 2 saturated carbocycles. The Kier molecular flexibility index (Phi) is 5.80. The van der Waals surface area contributed by atoms with E-state index in [1.165, 1.54) is 58.0 Å². The van der Waals surface area contributed by atoms with E-state index < -0.39 is 0 Å². The molecule has 3 fully saturated rings. The lowest BCUT2D eigenvalue weighted by Crippen LogP contribution is -2.56. The standard InChI is InChI=1S/C19H36N2O/c1-14(17-8-5-9-17)21-12-18(15(2)22)10-19(13-21)20-11-16-6-3-4-7-16/h14-20,22H,3-13H2,1-2H3. The number of nitrogens with zero attached hydrogens (tertiary/aromatic N) is 1. The molecule has 2 aliphatic carbocycles. The van der Waals surface area contributed by atoms with E-state index in [2.05, 4.69) is 17.1 Å². The lowest BCUT2D eigenvalue weighted by atomic mass is 9.78. The predicted molar refractivity (Wildman–Crippen MR) is 91.9 cm³/mol. The third-order valence-electron chi connectivity index (χ3n) is 6.77. The van der Waals surface area contributed by atoms with Gasteiger partial charge in [0.1, 0.15) is 0 Å². The Morgan fingerprint density at radius 1 is 1.00 bits per heavy atom. The maximum Gasteiger partial charge on any atom is 0.0553 e. The van der Waals surface area contributed by atoms with Crippen LogP contribution in [0.5, 0.6) is 0 Å². The number of piperidine rings is 1. The van der Waals surface area contributed by atoms with Crippen molar-refractivity contribution in [3.05, 3.63) is 0 Å². The second-order valence-corrected chi connectivity index (χ2v) is 8.38. The van der Waals surface area contributed by atoms with Crippen molar-refractivity contribution in [2.45, 2.75) is 83.4 Å². The summed E-state index contributed by atoms with van der Waals surface area (Å²) in [5.41, 5.74) is 0. The van der Waals surface area contributed by atoms with Gasteiger partial charge >= 0.3 is 0 Å². The van der Waals surface area contributed by atoms with Crippen molar-refractivity contribution in [1.82, 2.24) is 10.2 Å². The normalized spacial score (nSPS) is 34.5. The Labute approximate surface area is 136 Å². The van der Waals surface area contributed by atoms with Crippen LogP contribution >= 0.6 is 0 Å². The highest BCUT2D eigenvalue weighted by molar-refractivity contribution is 4.91. The third-order valence-corrected chi connectivity index (χ3v) is 6.77. The smallest absolute Gasteiger partial charge is 0.0553 e. The molecule has 3 aliphatic rings. The van der Waals surface area contributed by atoms with Crippen LogP contribution in [-0.2, 0) is 0 Å². The monoisotopic (exact) mass is 308 g/mol. The van der Waals surface area contributed by atoms with Crippen LogP contribution in [0.1, 0.15) is 65.2 Å². The molecule has 0 aromatic heterocycles. The van der Waals surface area contributed by atoms with E-state index in [-0.39, 0.29) is 6.10 Å². The fraction of sp³-hybridized carbons (Fsp3) is 1.00. The summed E-state index contributed by atoms with van der Waals surface area (Å²) in [6.07, 6.45) is 10.9. The van der Waals surface area contributed by atoms with Gasteiger partial charge in [0.15, 0.2) is 0 Å². The number of hydrogen-bond acceptors (Lipinski definition) is 3. The van der Waals surface area contributed by atoms with Crippen LogP contribution in [0.15, 0.2) is 0 Å². The number of aliphatic hydroxyl groups is 1. The van der Waals surface area contributed by atoms with Crippen molar-refractivity contribution in [2.24, 2.45) is 17.8 Å². The molecule has 3 rings (SSSR count). The van der Waals surface area contributed by atoms with Gasteiger partial charge in [-0.2, -0.15) is 0 Å². The van der Waals surface area contributed by atoms with Crippen LogP contribution in [0.4, 0.5) is 0 Å². The molecule has 0 aromatic rings. The molecule has 1 aliphatic heterocycles. The van der Waals surface area contributed by atoms with Crippen LogP contribution in [0.25, 0.3) is 0 Å². The highest BCUT2D eigenvalue weighted by Crippen LogP contribution is 2.34. The lowest BCUT2D eigenvalue weighted by Gasteiger charge is -2.46. The largest absolute Gasteiger partial charge is 0.393 e. The zero-order chi connectivity index (χ0) is 15.5. The average molecular weight is 309 g/mol. The summed E-state index contributed by atoms with van der Waals surface area (Å²) in [4.78, 5) is 2.68. The van der Waals surface area contributed by atoms with Gasteiger partial charge in [0.2, 0.25) is 0 Å². The summed E-state index contributed by atoms with van der Waals surface area (Å²) in [5, 5.41) is 14.0. The summed E-state index contributed by atoms with van der Waals surface area (Å²) in [7, 11) is 0. The molecule has 0 amide bonds. The summed E-state index contributed by atoms with van der Waals surface area (Å²) < 4.78 is 0. The molecule has 2 N–H and O–H groups in total. The van der Waals surface area contributed by atoms with Crippen molar-refractivity contribution >= 4 is 0 Å². The van der Waals surface area contributed by atoms with E-state index in [9.17, 15) is 5.11 Å². The molecular formula is C19H36N2O. The molecule has 1 heterocycles. The number of hydrogen-bond donors (Lipinski definition) is 2. The quantitative estimate of drug-likeness (QED) is 0.792. The number of nitrogens with one attached hydrogen (secondary N) is 1. The van der Waals surface area contributed by atoms with Crippen molar-refractivity contribution in [3.63, 3.8) is 0 Å². The van der Waals surface area contributed by atoms with Gasteiger partial charge in [-0.1, -0.05) is 19.3 Å². The van der Waals surface area contributed by atoms with Crippen LogP contribution in [0.3, 0.4) is 0 Å². The first-order valence-corrected chi connectivity index (χ1v) is 9.79. The van der Waals surface area contributed by atoms with E-state index in [1.54, 1.807) is 0 Å². The minimum absolute atomic E-state index is 0.174. The van der Waals surface area contributed by atoms with Crippen LogP contribution in [-0.4, -0.2) is 47.8 Å².